The highest BCUT2D eigenvalue weighted by molar-refractivity contribution is 5.96. The molecule has 0 N–H and O–H groups in total. The fourth-order valence-corrected chi connectivity index (χ4v) is 3.40. The average molecular weight is 304 g/mol. The summed E-state index contributed by atoms with van der Waals surface area (Å²) in [5.74, 6) is 0.351. The maximum absolute atomic E-state index is 12.8. The van der Waals surface area contributed by atoms with Crippen LogP contribution in [0.15, 0.2) is 48.5 Å². The number of amides is 1. The summed E-state index contributed by atoms with van der Waals surface area (Å²) in [5, 5.41) is 9.21. The van der Waals surface area contributed by atoms with Crippen molar-refractivity contribution in [2.75, 3.05) is 13.1 Å². The van der Waals surface area contributed by atoms with Crippen molar-refractivity contribution in [3.8, 4) is 6.07 Å². The van der Waals surface area contributed by atoms with Gasteiger partial charge in [-0.25, -0.2) is 0 Å². The molecule has 2 aromatic carbocycles. The van der Waals surface area contributed by atoms with Crippen LogP contribution in [0.25, 0.3) is 0 Å². The summed E-state index contributed by atoms with van der Waals surface area (Å²) in [6.07, 6.45) is 2.11. The van der Waals surface area contributed by atoms with Gasteiger partial charge in [0, 0.05) is 19.0 Å². The first kappa shape index (κ1) is 15.3. The van der Waals surface area contributed by atoms with Crippen molar-refractivity contribution in [2.45, 2.75) is 25.7 Å². The maximum Gasteiger partial charge on any atom is 0.255 e. The number of carbonyl (C=O) groups is 1. The highest BCUT2D eigenvalue weighted by Gasteiger charge is 2.27. The molecule has 3 nitrogen and oxygen atoms in total. The summed E-state index contributed by atoms with van der Waals surface area (Å²) in [7, 11) is 0. The van der Waals surface area contributed by atoms with Gasteiger partial charge in [-0.1, -0.05) is 36.4 Å². The molecule has 0 saturated carbocycles. The lowest BCUT2D eigenvalue weighted by molar-refractivity contribution is 0.0706. The Morgan fingerprint density at radius 2 is 1.91 bits per heavy atom. The molecule has 3 rings (SSSR count). The topological polar surface area (TPSA) is 44.1 Å². The number of hydrogen-bond acceptors (Lipinski definition) is 2. The van der Waals surface area contributed by atoms with Gasteiger partial charge < -0.3 is 4.90 Å². The van der Waals surface area contributed by atoms with Gasteiger partial charge in [0.25, 0.3) is 5.91 Å². The molecule has 2 aromatic rings. The third-order valence-electron chi connectivity index (χ3n) is 4.61. The standard InChI is InChI=1S/C20H20N2O/c1-15-7-2-4-10-18(15)17-9-6-12-22(14-17)20(23)19-11-5-3-8-16(19)13-21/h2-5,7-8,10-11,17H,6,9,12,14H2,1H3. The molecule has 1 heterocycles. The summed E-state index contributed by atoms with van der Waals surface area (Å²) < 4.78 is 0. The summed E-state index contributed by atoms with van der Waals surface area (Å²) in [4.78, 5) is 14.7. The molecule has 0 bridgehead atoms. The van der Waals surface area contributed by atoms with Crippen LogP contribution >= 0.6 is 0 Å². The fraction of sp³-hybridized carbons (Fsp3) is 0.300. The van der Waals surface area contributed by atoms with Crippen LogP contribution in [-0.2, 0) is 0 Å². The van der Waals surface area contributed by atoms with Crippen molar-refractivity contribution in [1.82, 2.24) is 4.90 Å². The average Bonchev–Trinajstić information content (AvgIpc) is 2.61. The molecule has 1 fully saturated rings. The molecule has 0 spiro atoms. The normalized spacial score (nSPS) is 17.6. The minimum Gasteiger partial charge on any atom is -0.338 e. The first-order valence-corrected chi connectivity index (χ1v) is 8.04. The smallest absolute Gasteiger partial charge is 0.255 e. The summed E-state index contributed by atoms with van der Waals surface area (Å²) in [6.45, 7) is 3.62. The van der Waals surface area contributed by atoms with E-state index in [1.54, 1.807) is 18.2 Å². The summed E-state index contributed by atoms with van der Waals surface area (Å²) in [5.41, 5.74) is 3.58. The van der Waals surface area contributed by atoms with Gasteiger partial charge in [0.1, 0.15) is 0 Å². The minimum atomic E-state index is -0.0274. The number of likely N-dealkylation sites (tertiary alicyclic amines) is 1. The van der Waals surface area contributed by atoms with Crippen molar-refractivity contribution in [3.05, 3.63) is 70.8 Å². The Hall–Kier alpha value is -2.60. The molecule has 1 unspecified atom stereocenters. The van der Waals surface area contributed by atoms with Crippen LogP contribution in [0.5, 0.6) is 0 Å². The highest BCUT2D eigenvalue weighted by Crippen LogP contribution is 2.30. The van der Waals surface area contributed by atoms with Crippen molar-refractivity contribution in [3.63, 3.8) is 0 Å². The maximum atomic E-state index is 12.8. The van der Waals surface area contributed by atoms with Gasteiger partial charge in [-0.3, -0.25) is 4.79 Å². The second kappa shape index (κ2) is 6.66. The molecule has 0 radical (unpaired) electrons. The van der Waals surface area contributed by atoms with Gasteiger partial charge in [0.2, 0.25) is 0 Å². The van der Waals surface area contributed by atoms with Crippen molar-refractivity contribution in [1.29, 1.82) is 5.26 Å². The van der Waals surface area contributed by atoms with Gasteiger partial charge in [0.05, 0.1) is 17.2 Å². The van der Waals surface area contributed by atoms with E-state index in [0.717, 1.165) is 25.9 Å². The summed E-state index contributed by atoms with van der Waals surface area (Å²) in [6, 6.07) is 17.6. The van der Waals surface area contributed by atoms with Crippen molar-refractivity contribution in [2.24, 2.45) is 0 Å². The number of carbonyl (C=O) groups excluding carboxylic acids is 1. The lowest BCUT2D eigenvalue weighted by atomic mass is 9.87. The number of aryl methyl sites for hydroxylation is 1. The van der Waals surface area contributed by atoms with Crippen LogP contribution in [0, 0.1) is 18.3 Å². The zero-order chi connectivity index (χ0) is 16.2. The van der Waals surface area contributed by atoms with Crippen LogP contribution < -0.4 is 0 Å². The predicted octanol–water partition coefficient (Wildman–Crippen LogP) is 3.89. The number of hydrogen-bond donors (Lipinski definition) is 0. The van der Waals surface area contributed by atoms with Gasteiger partial charge >= 0.3 is 0 Å². The van der Waals surface area contributed by atoms with E-state index in [-0.39, 0.29) is 5.91 Å². The molecular weight excluding hydrogens is 284 g/mol. The number of rotatable bonds is 2. The Morgan fingerprint density at radius 1 is 1.17 bits per heavy atom. The molecule has 23 heavy (non-hydrogen) atoms. The van der Waals surface area contributed by atoms with E-state index < -0.39 is 0 Å². The quantitative estimate of drug-likeness (QED) is 0.845. The Morgan fingerprint density at radius 3 is 2.70 bits per heavy atom. The van der Waals surface area contributed by atoms with E-state index in [2.05, 4.69) is 31.2 Å². The van der Waals surface area contributed by atoms with E-state index in [0.29, 0.717) is 17.0 Å². The van der Waals surface area contributed by atoms with Gasteiger partial charge in [-0.2, -0.15) is 5.26 Å². The zero-order valence-corrected chi connectivity index (χ0v) is 13.3. The van der Waals surface area contributed by atoms with Crippen molar-refractivity contribution < 1.29 is 4.79 Å². The minimum absolute atomic E-state index is 0.0274. The number of nitrogens with zero attached hydrogens (tertiary/aromatic N) is 2. The zero-order valence-electron chi connectivity index (χ0n) is 13.3. The third kappa shape index (κ3) is 3.12. The molecule has 1 aliphatic rings. The molecular formula is C20H20N2O. The van der Waals surface area contributed by atoms with E-state index in [1.807, 2.05) is 17.0 Å². The van der Waals surface area contributed by atoms with Gasteiger partial charge in [0.15, 0.2) is 0 Å². The fourth-order valence-electron chi connectivity index (χ4n) is 3.40. The van der Waals surface area contributed by atoms with E-state index >= 15 is 0 Å². The second-order valence-electron chi connectivity index (χ2n) is 6.10. The van der Waals surface area contributed by atoms with Crippen LogP contribution in [0.3, 0.4) is 0 Å². The van der Waals surface area contributed by atoms with Crippen LogP contribution in [0.4, 0.5) is 0 Å². The molecule has 116 valence electrons. The Balaban J connectivity index is 1.83. The molecule has 1 atom stereocenters. The van der Waals surface area contributed by atoms with Crippen LogP contribution in [0.1, 0.15) is 45.8 Å². The van der Waals surface area contributed by atoms with E-state index in [1.165, 1.54) is 11.1 Å². The lowest BCUT2D eigenvalue weighted by Gasteiger charge is -2.34. The lowest BCUT2D eigenvalue weighted by Crippen LogP contribution is -2.39. The third-order valence-corrected chi connectivity index (χ3v) is 4.61. The first-order valence-electron chi connectivity index (χ1n) is 8.04. The Kier molecular flexibility index (Phi) is 4.43. The van der Waals surface area contributed by atoms with Crippen LogP contribution in [-0.4, -0.2) is 23.9 Å². The van der Waals surface area contributed by atoms with E-state index in [4.69, 9.17) is 0 Å². The predicted molar refractivity (Wildman–Crippen MR) is 90.2 cm³/mol. The molecule has 3 heteroatoms. The molecule has 1 amide bonds. The molecule has 1 aliphatic heterocycles. The molecule has 0 aliphatic carbocycles. The van der Waals surface area contributed by atoms with E-state index in [9.17, 15) is 10.1 Å². The van der Waals surface area contributed by atoms with Gasteiger partial charge in [-0.05, 0) is 43.0 Å². The van der Waals surface area contributed by atoms with Crippen molar-refractivity contribution >= 4 is 5.91 Å². The number of nitriles is 1. The highest BCUT2D eigenvalue weighted by atomic mass is 16.2. The molecule has 1 saturated heterocycles. The van der Waals surface area contributed by atoms with Gasteiger partial charge in [-0.15, -0.1) is 0 Å². The SMILES string of the molecule is Cc1ccccc1C1CCCN(C(=O)c2ccccc2C#N)C1. The molecule has 0 aromatic heterocycles. The van der Waals surface area contributed by atoms with Crippen LogP contribution in [0.2, 0.25) is 0 Å². The first-order chi connectivity index (χ1) is 11.2. The Labute approximate surface area is 137 Å². The number of piperidine rings is 1. The largest absolute Gasteiger partial charge is 0.338 e. The second-order valence-corrected chi connectivity index (χ2v) is 6.10. The number of benzene rings is 2. The Bertz CT molecular complexity index is 760. The monoisotopic (exact) mass is 304 g/mol. The summed E-state index contributed by atoms with van der Waals surface area (Å²) >= 11 is 0.